The molecule has 0 aliphatic carbocycles. The number of aryl methyl sites for hydroxylation is 1. The van der Waals surface area contributed by atoms with Crippen LogP contribution >= 0.6 is 11.8 Å². The van der Waals surface area contributed by atoms with E-state index in [9.17, 15) is 4.79 Å². The van der Waals surface area contributed by atoms with E-state index in [1.54, 1.807) is 11.8 Å². The fourth-order valence-corrected chi connectivity index (χ4v) is 3.60. The van der Waals surface area contributed by atoms with Gasteiger partial charge in [0, 0.05) is 24.7 Å². The molecule has 1 amide bonds. The first-order chi connectivity index (χ1) is 8.84. The standard InChI is InChI=1S/C14H18N2OS/c17-14(13-9-18-10-15-13)16-7-3-6-11-4-1-2-5-12(11)8-16/h1-2,4-5,13,15H,3,6-10H2. The SMILES string of the molecule is O=C(C1CSCN1)N1CCCc2ccccc2C1. The van der Waals surface area contributed by atoms with Gasteiger partial charge in [0.05, 0.1) is 6.04 Å². The van der Waals surface area contributed by atoms with E-state index in [4.69, 9.17) is 0 Å². The predicted molar refractivity (Wildman–Crippen MR) is 74.4 cm³/mol. The fraction of sp³-hybridized carbons (Fsp3) is 0.500. The van der Waals surface area contributed by atoms with Gasteiger partial charge in [0.1, 0.15) is 0 Å². The van der Waals surface area contributed by atoms with Crippen molar-refractivity contribution in [3.8, 4) is 0 Å². The van der Waals surface area contributed by atoms with Crippen molar-refractivity contribution < 1.29 is 4.79 Å². The summed E-state index contributed by atoms with van der Waals surface area (Å²) in [5.41, 5.74) is 2.72. The molecular weight excluding hydrogens is 244 g/mol. The van der Waals surface area contributed by atoms with E-state index in [1.807, 2.05) is 4.90 Å². The molecule has 0 spiro atoms. The molecule has 0 saturated carbocycles. The highest BCUT2D eigenvalue weighted by Gasteiger charge is 2.28. The molecule has 1 unspecified atom stereocenters. The number of hydrogen-bond acceptors (Lipinski definition) is 3. The van der Waals surface area contributed by atoms with E-state index in [1.165, 1.54) is 11.1 Å². The van der Waals surface area contributed by atoms with Crippen molar-refractivity contribution in [3.63, 3.8) is 0 Å². The lowest BCUT2D eigenvalue weighted by molar-refractivity contribution is -0.133. The smallest absolute Gasteiger partial charge is 0.240 e. The van der Waals surface area contributed by atoms with E-state index < -0.39 is 0 Å². The molecule has 1 aromatic carbocycles. The van der Waals surface area contributed by atoms with Crippen LogP contribution in [-0.4, -0.2) is 35.0 Å². The van der Waals surface area contributed by atoms with Crippen molar-refractivity contribution in [1.82, 2.24) is 10.2 Å². The minimum Gasteiger partial charge on any atom is -0.337 e. The van der Waals surface area contributed by atoms with Crippen molar-refractivity contribution in [2.75, 3.05) is 18.2 Å². The number of thioether (sulfide) groups is 1. The first-order valence-electron chi connectivity index (χ1n) is 6.51. The van der Waals surface area contributed by atoms with Crippen LogP contribution < -0.4 is 5.32 Å². The Labute approximate surface area is 112 Å². The van der Waals surface area contributed by atoms with Crippen LogP contribution in [0.4, 0.5) is 0 Å². The number of carbonyl (C=O) groups excluding carboxylic acids is 1. The third kappa shape index (κ3) is 2.40. The second kappa shape index (κ2) is 5.33. The zero-order valence-electron chi connectivity index (χ0n) is 10.4. The molecular formula is C14H18N2OS. The molecule has 3 nitrogen and oxygen atoms in total. The van der Waals surface area contributed by atoms with Crippen molar-refractivity contribution >= 4 is 17.7 Å². The number of amides is 1. The van der Waals surface area contributed by atoms with Crippen LogP contribution in [0.1, 0.15) is 17.5 Å². The lowest BCUT2D eigenvalue weighted by Crippen LogP contribution is -2.44. The van der Waals surface area contributed by atoms with Crippen LogP contribution in [0.3, 0.4) is 0 Å². The van der Waals surface area contributed by atoms with Crippen LogP contribution in [0.25, 0.3) is 0 Å². The predicted octanol–water partition coefficient (Wildman–Crippen LogP) is 1.62. The van der Waals surface area contributed by atoms with E-state index in [0.29, 0.717) is 0 Å². The number of hydrogen-bond donors (Lipinski definition) is 1. The maximum absolute atomic E-state index is 12.4. The first-order valence-corrected chi connectivity index (χ1v) is 7.67. The van der Waals surface area contributed by atoms with Crippen LogP contribution in [0, 0.1) is 0 Å². The molecule has 2 heterocycles. The highest BCUT2D eigenvalue weighted by atomic mass is 32.2. The average Bonchev–Trinajstić information content (AvgIpc) is 2.84. The van der Waals surface area contributed by atoms with Crippen LogP contribution in [0.15, 0.2) is 24.3 Å². The average molecular weight is 262 g/mol. The second-order valence-electron chi connectivity index (χ2n) is 4.90. The minimum atomic E-state index is 0.0280. The number of benzene rings is 1. The monoisotopic (exact) mass is 262 g/mol. The molecule has 4 heteroatoms. The summed E-state index contributed by atoms with van der Waals surface area (Å²) in [6.07, 6.45) is 2.16. The molecule has 96 valence electrons. The summed E-state index contributed by atoms with van der Waals surface area (Å²) in [6.45, 7) is 1.66. The summed E-state index contributed by atoms with van der Waals surface area (Å²) in [6, 6.07) is 8.52. The Bertz CT molecular complexity index is 443. The van der Waals surface area contributed by atoms with E-state index in [-0.39, 0.29) is 11.9 Å². The van der Waals surface area contributed by atoms with Gasteiger partial charge < -0.3 is 4.90 Å². The molecule has 0 aromatic heterocycles. The molecule has 2 aliphatic rings. The molecule has 0 radical (unpaired) electrons. The minimum absolute atomic E-state index is 0.0280. The Morgan fingerprint density at radius 1 is 1.33 bits per heavy atom. The highest BCUT2D eigenvalue weighted by Crippen LogP contribution is 2.20. The Hall–Kier alpha value is -1.00. The maximum Gasteiger partial charge on any atom is 0.240 e. The number of nitrogens with zero attached hydrogens (tertiary/aromatic N) is 1. The molecule has 2 aliphatic heterocycles. The quantitative estimate of drug-likeness (QED) is 0.835. The number of fused-ring (bicyclic) bond motifs is 1. The third-order valence-electron chi connectivity index (χ3n) is 3.68. The van der Waals surface area contributed by atoms with Crippen molar-refractivity contribution in [3.05, 3.63) is 35.4 Å². The van der Waals surface area contributed by atoms with Gasteiger partial charge in [-0.15, -0.1) is 11.8 Å². The third-order valence-corrected chi connectivity index (χ3v) is 4.62. The Kier molecular flexibility index (Phi) is 3.57. The van der Waals surface area contributed by atoms with Crippen molar-refractivity contribution in [2.24, 2.45) is 0 Å². The molecule has 1 aromatic rings. The van der Waals surface area contributed by atoms with E-state index >= 15 is 0 Å². The van der Waals surface area contributed by atoms with Gasteiger partial charge in [-0.1, -0.05) is 24.3 Å². The van der Waals surface area contributed by atoms with Gasteiger partial charge in [-0.25, -0.2) is 0 Å². The normalized spacial score (nSPS) is 23.6. The topological polar surface area (TPSA) is 32.3 Å². The van der Waals surface area contributed by atoms with Gasteiger partial charge in [0.15, 0.2) is 0 Å². The summed E-state index contributed by atoms with van der Waals surface area (Å²) >= 11 is 1.81. The van der Waals surface area contributed by atoms with Crippen molar-refractivity contribution in [2.45, 2.75) is 25.4 Å². The highest BCUT2D eigenvalue weighted by molar-refractivity contribution is 7.99. The molecule has 18 heavy (non-hydrogen) atoms. The van der Waals surface area contributed by atoms with E-state index in [2.05, 4.69) is 29.6 Å². The lowest BCUT2D eigenvalue weighted by atomic mass is 10.0. The van der Waals surface area contributed by atoms with Crippen molar-refractivity contribution in [1.29, 1.82) is 0 Å². The molecule has 1 N–H and O–H groups in total. The summed E-state index contributed by atoms with van der Waals surface area (Å²) < 4.78 is 0. The summed E-state index contributed by atoms with van der Waals surface area (Å²) in [5.74, 6) is 2.09. The molecule has 3 rings (SSSR count). The lowest BCUT2D eigenvalue weighted by Gasteiger charge is -2.24. The zero-order chi connectivity index (χ0) is 12.4. The fourth-order valence-electron chi connectivity index (χ4n) is 2.66. The van der Waals surface area contributed by atoms with Gasteiger partial charge in [0.2, 0.25) is 5.91 Å². The van der Waals surface area contributed by atoms with Gasteiger partial charge in [0.25, 0.3) is 0 Å². The molecule has 0 bridgehead atoms. The second-order valence-corrected chi connectivity index (χ2v) is 5.93. The maximum atomic E-state index is 12.4. The largest absolute Gasteiger partial charge is 0.337 e. The van der Waals surface area contributed by atoms with E-state index in [0.717, 1.165) is 37.6 Å². The summed E-state index contributed by atoms with van der Waals surface area (Å²) in [4.78, 5) is 14.4. The molecule has 1 atom stereocenters. The first kappa shape index (κ1) is 12.1. The van der Waals surface area contributed by atoms with Crippen LogP contribution in [0.2, 0.25) is 0 Å². The van der Waals surface area contributed by atoms with Gasteiger partial charge >= 0.3 is 0 Å². The van der Waals surface area contributed by atoms with Gasteiger partial charge in [-0.05, 0) is 24.0 Å². The number of carbonyl (C=O) groups is 1. The summed E-state index contributed by atoms with van der Waals surface area (Å²) in [7, 11) is 0. The number of nitrogens with one attached hydrogen (secondary N) is 1. The summed E-state index contributed by atoms with van der Waals surface area (Å²) in [5, 5.41) is 3.27. The Balaban J connectivity index is 1.76. The Morgan fingerprint density at radius 2 is 2.17 bits per heavy atom. The molecule has 1 fully saturated rings. The van der Waals surface area contributed by atoms with Crippen LogP contribution in [-0.2, 0) is 17.8 Å². The van der Waals surface area contributed by atoms with Crippen LogP contribution in [0.5, 0.6) is 0 Å². The Morgan fingerprint density at radius 3 is 2.94 bits per heavy atom. The zero-order valence-corrected chi connectivity index (χ0v) is 11.2. The van der Waals surface area contributed by atoms with Gasteiger partial charge in [-0.2, -0.15) is 0 Å². The van der Waals surface area contributed by atoms with Gasteiger partial charge in [-0.3, -0.25) is 10.1 Å². The molecule has 1 saturated heterocycles. The number of rotatable bonds is 1.